The minimum absolute atomic E-state index is 0.197. The molecule has 1 atom stereocenters. The molecule has 0 saturated carbocycles. The van der Waals surface area contributed by atoms with E-state index in [9.17, 15) is 9.90 Å². The van der Waals surface area contributed by atoms with Crippen molar-refractivity contribution >= 4 is 34.4 Å². The molecule has 2 amide bonds. The van der Waals surface area contributed by atoms with Crippen LogP contribution in [0.5, 0.6) is 5.75 Å². The first-order chi connectivity index (χ1) is 14.1. The van der Waals surface area contributed by atoms with Crippen LogP contribution in [0, 0.1) is 0 Å². The average Bonchev–Trinajstić information content (AvgIpc) is 3.15. The summed E-state index contributed by atoms with van der Waals surface area (Å²) in [5.41, 5.74) is 3.33. The van der Waals surface area contributed by atoms with E-state index < -0.39 is 0 Å². The summed E-state index contributed by atoms with van der Waals surface area (Å²) < 4.78 is 0. The number of para-hydroxylation sites is 2. The zero-order chi connectivity index (χ0) is 20.2. The molecule has 3 aromatic carbocycles. The number of carbonyl (C=O) groups is 1. The molecule has 29 heavy (non-hydrogen) atoms. The van der Waals surface area contributed by atoms with E-state index >= 15 is 0 Å². The number of fused-ring (bicyclic) bond motifs is 1. The highest BCUT2D eigenvalue weighted by Crippen LogP contribution is 2.21. The topological polar surface area (TPSA) is 90.0 Å². The minimum Gasteiger partial charge on any atom is -0.508 e. The van der Waals surface area contributed by atoms with E-state index in [0.29, 0.717) is 23.0 Å². The molecule has 0 radical (unpaired) electrons. The minimum atomic E-state index is -0.390. The molecule has 0 spiro atoms. The normalized spacial score (nSPS) is 11.9. The molecule has 146 valence electrons. The Bertz CT molecular complexity index is 1090. The van der Waals surface area contributed by atoms with Gasteiger partial charge in [-0.2, -0.15) is 0 Å². The number of amides is 2. The number of rotatable bonds is 5. The number of nitrogens with one attached hydrogen (secondary N) is 3. The van der Waals surface area contributed by atoms with Crippen LogP contribution in [0.4, 0.5) is 10.5 Å². The molecule has 0 aliphatic rings. The smallest absolute Gasteiger partial charge is 0.319 e. The largest absolute Gasteiger partial charge is 0.508 e. The predicted octanol–water partition coefficient (Wildman–Crippen LogP) is 5.03. The van der Waals surface area contributed by atoms with Crippen molar-refractivity contribution in [3.8, 4) is 5.75 Å². The Hall–Kier alpha value is -3.51. The molecule has 4 N–H and O–H groups in total. The number of carbonyl (C=O) groups excluding carboxylic acids is 1. The number of anilines is 1. The highest BCUT2D eigenvalue weighted by atomic mass is 35.5. The summed E-state index contributed by atoms with van der Waals surface area (Å²) in [4.78, 5) is 20.5. The molecule has 0 aliphatic carbocycles. The van der Waals surface area contributed by atoms with Gasteiger partial charge in [0.15, 0.2) is 0 Å². The van der Waals surface area contributed by atoms with Gasteiger partial charge in [-0.15, -0.1) is 0 Å². The lowest BCUT2D eigenvalue weighted by Crippen LogP contribution is -2.34. The fraction of sp³-hybridized carbons (Fsp3) is 0.0909. The highest BCUT2D eigenvalue weighted by molar-refractivity contribution is 6.30. The number of hydrogen-bond donors (Lipinski definition) is 4. The molecular formula is C22H19ClN4O2. The monoisotopic (exact) mass is 406 g/mol. The molecule has 4 rings (SSSR count). The van der Waals surface area contributed by atoms with Gasteiger partial charge in [0, 0.05) is 10.7 Å². The third-order valence-electron chi connectivity index (χ3n) is 4.52. The van der Waals surface area contributed by atoms with Crippen LogP contribution in [0.15, 0.2) is 72.8 Å². The number of H-pyrrole nitrogens is 1. The standard InChI is InChI=1S/C22H19ClN4O2/c23-15-7-9-16(10-8-15)24-22(29)27-20(13-14-5-11-17(28)12-6-14)21-25-18-3-1-2-4-19(18)26-21/h1-12,20,28H,13H2,(H,25,26)(H2,24,27,29)/t20-/m1/s1. The molecule has 1 aromatic heterocycles. The number of nitrogens with zero attached hydrogens (tertiary/aromatic N) is 1. The fourth-order valence-electron chi connectivity index (χ4n) is 3.08. The highest BCUT2D eigenvalue weighted by Gasteiger charge is 2.19. The molecule has 0 aliphatic heterocycles. The van der Waals surface area contributed by atoms with Crippen LogP contribution in [-0.4, -0.2) is 21.1 Å². The molecular weight excluding hydrogens is 388 g/mol. The summed E-state index contributed by atoms with van der Waals surface area (Å²) >= 11 is 5.89. The van der Waals surface area contributed by atoms with Gasteiger partial charge < -0.3 is 20.7 Å². The first-order valence-corrected chi connectivity index (χ1v) is 9.50. The molecule has 7 heteroatoms. The van der Waals surface area contributed by atoms with Gasteiger partial charge in [-0.05, 0) is 60.5 Å². The van der Waals surface area contributed by atoms with E-state index in [4.69, 9.17) is 11.6 Å². The molecule has 4 aromatic rings. The zero-order valence-corrected chi connectivity index (χ0v) is 16.1. The maximum Gasteiger partial charge on any atom is 0.319 e. The van der Waals surface area contributed by atoms with Gasteiger partial charge in [-0.1, -0.05) is 35.9 Å². The molecule has 1 heterocycles. The lowest BCUT2D eigenvalue weighted by molar-refractivity contribution is 0.248. The van der Waals surface area contributed by atoms with Crippen molar-refractivity contribution in [1.82, 2.24) is 15.3 Å². The lowest BCUT2D eigenvalue weighted by Gasteiger charge is -2.17. The van der Waals surface area contributed by atoms with Crippen LogP contribution in [0.3, 0.4) is 0 Å². The summed E-state index contributed by atoms with van der Waals surface area (Å²) in [6, 6.07) is 20.8. The maximum atomic E-state index is 12.6. The van der Waals surface area contributed by atoms with Crippen molar-refractivity contribution in [2.45, 2.75) is 12.5 Å². The van der Waals surface area contributed by atoms with Gasteiger partial charge in [0.2, 0.25) is 0 Å². The van der Waals surface area contributed by atoms with Crippen molar-refractivity contribution < 1.29 is 9.90 Å². The number of aromatic hydroxyl groups is 1. The first-order valence-electron chi connectivity index (χ1n) is 9.12. The predicted molar refractivity (Wildman–Crippen MR) is 114 cm³/mol. The van der Waals surface area contributed by atoms with Gasteiger partial charge in [-0.25, -0.2) is 9.78 Å². The number of aromatic nitrogens is 2. The average molecular weight is 407 g/mol. The molecule has 0 fully saturated rings. The number of phenols is 1. The lowest BCUT2D eigenvalue weighted by atomic mass is 10.1. The second-order valence-electron chi connectivity index (χ2n) is 6.67. The quantitative estimate of drug-likeness (QED) is 0.375. The van der Waals surface area contributed by atoms with Crippen LogP contribution in [0.1, 0.15) is 17.4 Å². The van der Waals surface area contributed by atoms with Crippen LogP contribution in [-0.2, 0) is 6.42 Å². The van der Waals surface area contributed by atoms with E-state index in [1.54, 1.807) is 36.4 Å². The summed E-state index contributed by atoms with van der Waals surface area (Å²) in [7, 11) is 0. The van der Waals surface area contributed by atoms with Crippen molar-refractivity contribution in [3.63, 3.8) is 0 Å². The number of hydrogen-bond acceptors (Lipinski definition) is 3. The van der Waals surface area contributed by atoms with Crippen LogP contribution in [0.2, 0.25) is 5.02 Å². The number of benzene rings is 3. The Labute approximate surface area is 172 Å². The second-order valence-corrected chi connectivity index (χ2v) is 7.10. The fourth-order valence-corrected chi connectivity index (χ4v) is 3.21. The van der Waals surface area contributed by atoms with Crippen molar-refractivity contribution in [1.29, 1.82) is 0 Å². The number of imidazole rings is 1. The van der Waals surface area contributed by atoms with E-state index in [2.05, 4.69) is 20.6 Å². The van der Waals surface area contributed by atoms with Crippen LogP contribution in [0.25, 0.3) is 11.0 Å². The van der Waals surface area contributed by atoms with Crippen molar-refractivity contribution in [3.05, 3.63) is 89.2 Å². The third kappa shape index (κ3) is 4.67. The van der Waals surface area contributed by atoms with Gasteiger partial charge in [0.1, 0.15) is 11.6 Å². The van der Waals surface area contributed by atoms with Crippen molar-refractivity contribution in [2.75, 3.05) is 5.32 Å². The van der Waals surface area contributed by atoms with Gasteiger partial charge in [-0.3, -0.25) is 0 Å². The van der Waals surface area contributed by atoms with Gasteiger partial charge in [0.05, 0.1) is 17.1 Å². The second kappa shape index (κ2) is 8.24. The number of urea groups is 1. The summed E-state index contributed by atoms with van der Waals surface area (Å²) in [6.45, 7) is 0. The Morgan fingerprint density at radius 2 is 1.76 bits per heavy atom. The molecule has 0 bridgehead atoms. The summed E-state index contributed by atoms with van der Waals surface area (Å²) in [5, 5.41) is 15.9. The number of halogens is 1. The van der Waals surface area contributed by atoms with Gasteiger partial charge in [0.25, 0.3) is 0 Å². The molecule has 6 nitrogen and oxygen atoms in total. The maximum absolute atomic E-state index is 12.6. The first kappa shape index (κ1) is 18.8. The number of phenolic OH excluding ortho intramolecular Hbond substituents is 1. The Kier molecular flexibility index (Phi) is 5.35. The Morgan fingerprint density at radius 1 is 1.03 bits per heavy atom. The van der Waals surface area contributed by atoms with Crippen LogP contribution < -0.4 is 10.6 Å². The zero-order valence-electron chi connectivity index (χ0n) is 15.4. The van der Waals surface area contributed by atoms with Crippen molar-refractivity contribution in [2.24, 2.45) is 0 Å². The third-order valence-corrected chi connectivity index (χ3v) is 4.77. The summed E-state index contributed by atoms with van der Waals surface area (Å²) in [6.07, 6.45) is 0.508. The van der Waals surface area contributed by atoms with Gasteiger partial charge >= 0.3 is 6.03 Å². The van der Waals surface area contributed by atoms with E-state index in [1.807, 2.05) is 36.4 Å². The SMILES string of the molecule is O=C(Nc1ccc(Cl)cc1)N[C@H](Cc1ccc(O)cc1)c1nc2ccccc2[nH]1. The Balaban J connectivity index is 1.57. The number of aromatic amines is 1. The van der Waals surface area contributed by atoms with E-state index in [-0.39, 0.29) is 17.8 Å². The molecule has 0 unspecified atom stereocenters. The Morgan fingerprint density at radius 3 is 2.48 bits per heavy atom. The van der Waals surface area contributed by atoms with Crippen LogP contribution >= 0.6 is 11.6 Å². The summed E-state index contributed by atoms with van der Waals surface area (Å²) in [5.74, 6) is 0.855. The van der Waals surface area contributed by atoms with E-state index in [0.717, 1.165) is 16.6 Å². The molecule has 0 saturated heterocycles. The van der Waals surface area contributed by atoms with E-state index in [1.165, 1.54) is 0 Å².